The molecule has 0 aliphatic rings. The molecule has 0 bridgehead atoms. The van der Waals surface area contributed by atoms with E-state index in [0.29, 0.717) is 12.5 Å². The first kappa shape index (κ1) is 13.3. The minimum absolute atomic E-state index is 0.265. The molecule has 18 heavy (non-hydrogen) atoms. The van der Waals surface area contributed by atoms with Gasteiger partial charge in [-0.2, -0.15) is 0 Å². The van der Waals surface area contributed by atoms with Gasteiger partial charge in [-0.05, 0) is 34.0 Å². The van der Waals surface area contributed by atoms with Crippen LogP contribution < -0.4 is 11.1 Å². The fourth-order valence-corrected chi connectivity index (χ4v) is 2.30. The van der Waals surface area contributed by atoms with E-state index >= 15 is 0 Å². The number of nitrogens with one attached hydrogen (secondary N) is 1. The maximum atomic E-state index is 5.80. The van der Waals surface area contributed by atoms with Crippen LogP contribution in [-0.4, -0.2) is 17.6 Å². The highest BCUT2D eigenvalue weighted by molar-refractivity contribution is 9.10. The molecule has 3 nitrogen and oxygen atoms in total. The number of hydrogen-bond acceptors (Lipinski definition) is 3. The number of pyridine rings is 1. The van der Waals surface area contributed by atoms with Gasteiger partial charge in [-0.15, -0.1) is 0 Å². The summed E-state index contributed by atoms with van der Waals surface area (Å²) in [6.07, 6.45) is 1.82. The lowest BCUT2D eigenvalue weighted by Gasteiger charge is -2.22. The summed E-state index contributed by atoms with van der Waals surface area (Å²) in [4.78, 5) is 4.48. The van der Waals surface area contributed by atoms with E-state index in [0.717, 1.165) is 21.1 Å². The molecule has 1 aromatic heterocycles. The maximum Gasteiger partial charge on any atom is 0.0934 e. The molecular weight excluding hydrogens is 290 g/mol. The number of rotatable bonds is 4. The van der Waals surface area contributed by atoms with E-state index in [4.69, 9.17) is 5.73 Å². The van der Waals surface area contributed by atoms with Crippen molar-refractivity contribution in [2.24, 2.45) is 11.7 Å². The van der Waals surface area contributed by atoms with Crippen LogP contribution in [0.3, 0.4) is 0 Å². The van der Waals surface area contributed by atoms with Crippen molar-refractivity contribution >= 4 is 32.5 Å². The lowest BCUT2D eigenvalue weighted by Crippen LogP contribution is -2.33. The van der Waals surface area contributed by atoms with Crippen molar-refractivity contribution in [3.05, 3.63) is 34.9 Å². The van der Waals surface area contributed by atoms with Crippen LogP contribution in [0.5, 0.6) is 0 Å². The molecule has 4 heteroatoms. The zero-order valence-electron chi connectivity index (χ0n) is 10.7. The summed E-state index contributed by atoms with van der Waals surface area (Å²) >= 11 is 3.44. The van der Waals surface area contributed by atoms with Gasteiger partial charge in [0.15, 0.2) is 0 Å². The Hall–Kier alpha value is -1.13. The molecule has 1 aromatic carbocycles. The summed E-state index contributed by atoms with van der Waals surface area (Å²) in [5, 5.41) is 4.61. The number of nitrogens with two attached hydrogens (primary N) is 1. The lowest BCUT2D eigenvalue weighted by atomic mass is 10.0. The normalized spacial score (nSPS) is 12.9. The summed E-state index contributed by atoms with van der Waals surface area (Å²) in [5.41, 5.74) is 7.83. The third-order valence-electron chi connectivity index (χ3n) is 3.08. The predicted octanol–water partition coefficient (Wildman–Crippen LogP) is 3.39. The van der Waals surface area contributed by atoms with Gasteiger partial charge in [0, 0.05) is 28.6 Å². The van der Waals surface area contributed by atoms with Gasteiger partial charge in [-0.1, -0.05) is 26.0 Å². The van der Waals surface area contributed by atoms with Gasteiger partial charge >= 0.3 is 0 Å². The Morgan fingerprint density at radius 3 is 2.83 bits per heavy atom. The van der Waals surface area contributed by atoms with Crippen LogP contribution in [0.15, 0.2) is 34.9 Å². The van der Waals surface area contributed by atoms with Crippen molar-refractivity contribution in [3.63, 3.8) is 0 Å². The van der Waals surface area contributed by atoms with Crippen LogP contribution >= 0.6 is 15.9 Å². The lowest BCUT2D eigenvalue weighted by molar-refractivity contribution is 0.532. The minimum atomic E-state index is 0.265. The van der Waals surface area contributed by atoms with Crippen LogP contribution in [0.25, 0.3) is 10.9 Å². The minimum Gasteiger partial charge on any atom is -0.379 e. The third-order valence-corrected chi connectivity index (χ3v) is 3.51. The molecule has 0 radical (unpaired) electrons. The Kier molecular flexibility index (Phi) is 4.19. The van der Waals surface area contributed by atoms with Gasteiger partial charge in [0.05, 0.1) is 11.2 Å². The van der Waals surface area contributed by atoms with E-state index in [-0.39, 0.29) is 6.04 Å². The Bertz CT molecular complexity index is 540. The zero-order valence-corrected chi connectivity index (χ0v) is 12.2. The smallest absolute Gasteiger partial charge is 0.0934 e. The van der Waals surface area contributed by atoms with Crippen molar-refractivity contribution in [3.8, 4) is 0 Å². The average molecular weight is 308 g/mol. The van der Waals surface area contributed by atoms with E-state index in [2.05, 4.69) is 52.2 Å². The van der Waals surface area contributed by atoms with Crippen molar-refractivity contribution in [2.75, 3.05) is 11.9 Å². The Morgan fingerprint density at radius 2 is 2.17 bits per heavy atom. The van der Waals surface area contributed by atoms with Crippen molar-refractivity contribution in [1.29, 1.82) is 0 Å². The second-order valence-electron chi connectivity index (χ2n) is 4.76. The maximum absolute atomic E-state index is 5.80. The second-order valence-corrected chi connectivity index (χ2v) is 5.68. The molecule has 0 amide bonds. The van der Waals surface area contributed by atoms with E-state index in [9.17, 15) is 0 Å². The van der Waals surface area contributed by atoms with Gasteiger partial charge in [-0.3, -0.25) is 4.98 Å². The first-order chi connectivity index (χ1) is 8.61. The van der Waals surface area contributed by atoms with Crippen LogP contribution in [0.1, 0.15) is 13.8 Å². The number of nitrogens with zero attached hydrogens (tertiary/aromatic N) is 1. The van der Waals surface area contributed by atoms with Crippen molar-refractivity contribution in [1.82, 2.24) is 4.98 Å². The molecule has 0 aliphatic carbocycles. The molecule has 2 rings (SSSR count). The molecule has 3 N–H and O–H groups in total. The topological polar surface area (TPSA) is 50.9 Å². The van der Waals surface area contributed by atoms with Crippen molar-refractivity contribution < 1.29 is 0 Å². The second kappa shape index (κ2) is 5.67. The van der Waals surface area contributed by atoms with E-state index in [1.807, 2.05) is 18.3 Å². The zero-order chi connectivity index (χ0) is 13.1. The highest BCUT2D eigenvalue weighted by atomic mass is 79.9. The molecule has 2 aromatic rings. The van der Waals surface area contributed by atoms with E-state index in [1.165, 1.54) is 0 Å². The van der Waals surface area contributed by atoms with Gasteiger partial charge in [0.1, 0.15) is 0 Å². The average Bonchev–Trinajstić information content (AvgIpc) is 2.35. The quantitative estimate of drug-likeness (QED) is 0.910. The molecule has 0 aliphatic heterocycles. The number of hydrogen-bond donors (Lipinski definition) is 2. The standard InChI is InChI=1S/C14H18BrN3/c1-9(2)13(7-16)18-12-5-3-4-10-6-11(15)8-17-14(10)12/h3-6,8-9,13,18H,7,16H2,1-2H3. The summed E-state index contributed by atoms with van der Waals surface area (Å²) in [7, 11) is 0. The molecule has 1 atom stereocenters. The van der Waals surface area contributed by atoms with Crippen molar-refractivity contribution in [2.45, 2.75) is 19.9 Å². The van der Waals surface area contributed by atoms with Crippen LogP contribution in [0.2, 0.25) is 0 Å². The monoisotopic (exact) mass is 307 g/mol. The number of benzene rings is 1. The highest BCUT2D eigenvalue weighted by Crippen LogP contribution is 2.25. The SMILES string of the molecule is CC(C)C(CN)Nc1cccc2cc(Br)cnc12. The largest absolute Gasteiger partial charge is 0.379 e. The summed E-state index contributed by atoms with van der Waals surface area (Å²) in [5.74, 6) is 0.487. The number of fused-ring (bicyclic) bond motifs is 1. The van der Waals surface area contributed by atoms with Gasteiger partial charge in [-0.25, -0.2) is 0 Å². The third kappa shape index (κ3) is 2.82. The fraction of sp³-hybridized carbons (Fsp3) is 0.357. The summed E-state index contributed by atoms with van der Waals surface area (Å²) in [6.45, 7) is 4.95. The Morgan fingerprint density at radius 1 is 1.39 bits per heavy atom. The molecule has 1 heterocycles. The van der Waals surface area contributed by atoms with Gasteiger partial charge in [0.25, 0.3) is 0 Å². The number of aromatic nitrogens is 1. The predicted molar refractivity (Wildman–Crippen MR) is 80.7 cm³/mol. The summed E-state index contributed by atoms with van der Waals surface area (Å²) in [6, 6.07) is 8.48. The molecule has 0 saturated heterocycles. The molecule has 96 valence electrons. The Balaban J connectivity index is 2.39. The first-order valence-electron chi connectivity index (χ1n) is 6.12. The van der Waals surface area contributed by atoms with E-state index < -0.39 is 0 Å². The number of anilines is 1. The highest BCUT2D eigenvalue weighted by Gasteiger charge is 2.12. The summed E-state index contributed by atoms with van der Waals surface area (Å²) < 4.78 is 0.992. The van der Waals surface area contributed by atoms with Gasteiger partial charge in [0.2, 0.25) is 0 Å². The molecule has 1 unspecified atom stereocenters. The molecule has 0 spiro atoms. The van der Waals surface area contributed by atoms with Crippen LogP contribution in [-0.2, 0) is 0 Å². The molecular formula is C14H18BrN3. The van der Waals surface area contributed by atoms with Crippen LogP contribution in [0.4, 0.5) is 5.69 Å². The number of para-hydroxylation sites is 1. The van der Waals surface area contributed by atoms with Gasteiger partial charge < -0.3 is 11.1 Å². The van der Waals surface area contributed by atoms with E-state index in [1.54, 1.807) is 0 Å². The fourth-order valence-electron chi connectivity index (χ4n) is 1.95. The van der Waals surface area contributed by atoms with Crippen LogP contribution in [0, 0.1) is 5.92 Å². The Labute approximate surface area is 116 Å². The molecule has 0 saturated carbocycles. The molecule has 0 fully saturated rings. The first-order valence-corrected chi connectivity index (χ1v) is 6.92. The number of halogens is 1.